The van der Waals surface area contributed by atoms with Gasteiger partial charge in [0.15, 0.2) is 0 Å². The van der Waals surface area contributed by atoms with Gasteiger partial charge < -0.3 is 0 Å². The predicted octanol–water partition coefficient (Wildman–Crippen LogP) is 2.61. The van der Waals surface area contributed by atoms with Crippen LogP contribution in [0.2, 0.25) is 0 Å². The van der Waals surface area contributed by atoms with Crippen LogP contribution in [0.15, 0.2) is 18.7 Å². The lowest BCUT2D eigenvalue weighted by Crippen LogP contribution is -2.31. The van der Waals surface area contributed by atoms with E-state index in [0.717, 1.165) is 6.54 Å². The number of hydrogen-bond donors (Lipinski definition) is 1. The van der Waals surface area contributed by atoms with E-state index >= 15 is 0 Å². The van der Waals surface area contributed by atoms with Crippen LogP contribution < -0.4 is 10.3 Å². The van der Waals surface area contributed by atoms with Gasteiger partial charge in [0, 0.05) is 0 Å². The van der Waals surface area contributed by atoms with Gasteiger partial charge in [0.1, 0.15) is 18.6 Å². The summed E-state index contributed by atoms with van der Waals surface area (Å²) in [5.41, 5.74) is 5.79. The molecule has 1 aromatic heterocycles. The van der Waals surface area contributed by atoms with Crippen LogP contribution >= 0.6 is 0 Å². The van der Waals surface area contributed by atoms with Crippen molar-refractivity contribution < 1.29 is 4.57 Å². The highest BCUT2D eigenvalue weighted by Gasteiger charge is 2.06. The highest BCUT2D eigenvalue weighted by Crippen LogP contribution is 2.04. The molecule has 1 unspecified atom stereocenters. The first-order valence-corrected chi connectivity index (χ1v) is 6.56. The van der Waals surface area contributed by atoms with Gasteiger partial charge in [0.25, 0.3) is 0 Å². The number of unbranched alkanes of at least 4 members (excludes halogenated alkanes) is 5. The number of rotatable bonds is 8. The van der Waals surface area contributed by atoms with Crippen LogP contribution in [-0.2, 0) is 6.54 Å². The minimum atomic E-state index is 0.0748. The minimum Gasteiger partial charge on any atom is -0.293 e. The van der Waals surface area contributed by atoms with Crippen LogP contribution in [0.1, 0.15) is 58.5 Å². The van der Waals surface area contributed by atoms with Crippen LogP contribution in [0.3, 0.4) is 0 Å². The van der Waals surface area contributed by atoms with Crippen molar-refractivity contribution in [3.63, 3.8) is 0 Å². The fraction of sp³-hybridized carbons (Fsp3) is 0.769. The molecule has 0 aromatic carbocycles. The van der Waals surface area contributed by atoms with Gasteiger partial charge in [-0.1, -0.05) is 32.6 Å². The van der Waals surface area contributed by atoms with E-state index in [1.165, 1.54) is 38.5 Å². The summed E-state index contributed by atoms with van der Waals surface area (Å²) in [6, 6.07) is 0. The molecule has 92 valence electrons. The van der Waals surface area contributed by atoms with Gasteiger partial charge in [-0.15, -0.1) is 0 Å². The van der Waals surface area contributed by atoms with Gasteiger partial charge in [0.05, 0.1) is 6.54 Å². The molecule has 1 heterocycles. The number of hydrogen-bond acceptors (Lipinski definition) is 1. The van der Waals surface area contributed by atoms with Crippen molar-refractivity contribution in [2.24, 2.45) is 5.73 Å². The summed E-state index contributed by atoms with van der Waals surface area (Å²) < 4.78 is 4.26. The van der Waals surface area contributed by atoms with Gasteiger partial charge in [-0.2, -0.15) is 0 Å². The summed E-state index contributed by atoms with van der Waals surface area (Å²) in [7, 11) is 0. The monoisotopic (exact) mass is 224 g/mol. The predicted molar refractivity (Wildman–Crippen MR) is 66.9 cm³/mol. The lowest BCUT2D eigenvalue weighted by molar-refractivity contribution is -0.697. The fourth-order valence-electron chi connectivity index (χ4n) is 1.86. The van der Waals surface area contributed by atoms with E-state index in [9.17, 15) is 0 Å². The van der Waals surface area contributed by atoms with Crippen LogP contribution in [0.25, 0.3) is 0 Å². The molecule has 1 atom stereocenters. The van der Waals surface area contributed by atoms with Crippen LogP contribution in [0, 0.1) is 0 Å². The smallest absolute Gasteiger partial charge is 0.245 e. The summed E-state index contributed by atoms with van der Waals surface area (Å²) in [5, 5.41) is 0. The third kappa shape index (κ3) is 4.79. The third-order valence-electron chi connectivity index (χ3n) is 2.95. The zero-order valence-electron chi connectivity index (χ0n) is 10.7. The topological polar surface area (TPSA) is 34.8 Å². The zero-order chi connectivity index (χ0) is 11.8. The molecule has 0 spiro atoms. The van der Waals surface area contributed by atoms with Crippen LogP contribution in [0.5, 0.6) is 0 Å². The summed E-state index contributed by atoms with van der Waals surface area (Å²) in [4.78, 5) is 0. The largest absolute Gasteiger partial charge is 0.293 e. The van der Waals surface area contributed by atoms with Crippen molar-refractivity contribution in [1.29, 1.82) is 0 Å². The molecule has 1 aromatic rings. The molecule has 0 radical (unpaired) electrons. The van der Waals surface area contributed by atoms with E-state index in [-0.39, 0.29) is 6.17 Å². The van der Waals surface area contributed by atoms with Crippen molar-refractivity contribution in [3.05, 3.63) is 18.7 Å². The molecule has 3 heteroatoms. The molecule has 0 saturated heterocycles. The number of aromatic nitrogens is 2. The highest BCUT2D eigenvalue weighted by atomic mass is 15.2. The van der Waals surface area contributed by atoms with Crippen molar-refractivity contribution in [1.82, 2.24) is 4.57 Å². The Balaban J connectivity index is 2.12. The summed E-state index contributed by atoms with van der Waals surface area (Å²) in [6.07, 6.45) is 14.4. The molecular formula is C13H26N3+. The Morgan fingerprint density at radius 1 is 1.19 bits per heavy atom. The lowest BCUT2D eigenvalue weighted by atomic mass is 10.1. The maximum Gasteiger partial charge on any atom is 0.245 e. The zero-order valence-corrected chi connectivity index (χ0v) is 10.7. The van der Waals surface area contributed by atoms with Crippen molar-refractivity contribution in [2.75, 3.05) is 0 Å². The van der Waals surface area contributed by atoms with Crippen LogP contribution in [-0.4, -0.2) is 4.57 Å². The summed E-state index contributed by atoms with van der Waals surface area (Å²) in [5.74, 6) is 0. The minimum absolute atomic E-state index is 0.0748. The Hall–Kier alpha value is -0.830. The molecule has 1 rings (SSSR count). The average Bonchev–Trinajstić information content (AvgIpc) is 2.72. The summed E-state index contributed by atoms with van der Waals surface area (Å²) in [6.45, 7) is 5.37. The Kier molecular flexibility index (Phi) is 6.16. The highest BCUT2D eigenvalue weighted by molar-refractivity contribution is 4.69. The molecular weight excluding hydrogens is 198 g/mol. The molecule has 0 fully saturated rings. The van der Waals surface area contributed by atoms with Crippen molar-refractivity contribution in [3.8, 4) is 0 Å². The first-order valence-electron chi connectivity index (χ1n) is 6.56. The SMILES string of the molecule is CCCCCCCC[n+]1ccn(C(C)N)c1. The van der Waals surface area contributed by atoms with E-state index in [2.05, 4.69) is 24.0 Å². The molecule has 0 aliphatic heterocycles. The number of imidazole rings is 1. The van der Waals surface area contributed by atoms with Gasteiger partial charge >= 0.3 is 0 Å². The third-order valence-corrected chi connectivity index (χ3v) is 2.95. The molecule has 16 heavy (non-hydrogen) atoms. The molecule has 3 nitrogen and oxygen atoms in total. The summed E-state index contributed by atoms with van der Waals surface area (Å²) >= 11 is 0. The first kappa shape index (κ1) is 13.2. The van der Waals surface area contributed by atoms with E-state index in [0.29, 0.717) is 0 Å². The second kappa shape index (κ2) is 7.44. The van der Waals surface area contributed by atoms with Gasteiger partial charge in [-0.3, -0.25) is 5.73 Å². The van der Waals surface area contributed by atoms with Crippen molar-refractivity contribution >= 4 is 0 Å². The molecule has 0 saturated carbocycles. The van der Waals surface area contributed by atoms with E-state index in [4.69, 9.17) is 5.73 Å². The van der Waals surface area contributed by atoms with Crippen LogP contribution in [0.4, 0.5) is 0 Å². The van der Waals surface area contributed by atoms with E-state index < -0.39 is 0 Å². The molecule has 0 aliphatic rings. The Morgan fingerprint density at radius 2 is 1.88 bits per heavy atom. The second-order valence-electron chi connectivity index (χ2n) is 4.61. The Bertz CT molecular complexity index is 278. The van der Waals surface area contributed by atoms with E-state index in [1.54, 1.807) is 0 Å². The number of nitrogens with zero attached hydrogens (tertiary/aromatic N) is 2. The quantitative estimate of drug-likeness (QED) is 0.534. The standard InChI is InChI=1S/C13H26N3/c1-3-4-5-6-7-8-9-15-10-11-16(12-15)13(2)14/h10-13H,3-9,14H2,1-2H3/q+1. The van der Waals surface area contributed by atoms with Gasteiger partial charge in [-0.25, -0.2) is 9.13 Å². The Morgan fingerprint density at radius 3 is 2.50 bits per heavy atom. The maximum absolute atomic E-state index is 5.79. The van der Waals surface area contributed by atoms with Gasteiger partial charge in [0.2, 0.25) is 6.33 Å². The molecule has 0 amide bonds. The first-order chi connectivity index (χ1) is 7.74. The molecule has 2 N–H and O–H groups in total. The van der Waals surface area contributed by atoms with Gasteiger partial charge in [-0.05, 0) is 19.8 Å². The molecule has 0 aliphatic carbocycles. The lowest BCUT2D eigenvalue weighted by Gasteiger charge is -1.99. The van der Waals surface area contributed by atoms with E-state index in [1.807, 2.05) is 17.7 Å². The average molecular weight is 224 g/mol. The number of aryl methyl sites for hydroxylation is 1. The molecule has 0 bridgehead atoms. The Labute approximate surface area is 99.3 Å². The second-order valence-corrected chi connectivity index (χ2v) is 4.61. The fourth-order valence-corrected chi connectivity index (χ4v) is 1.86. The number of nitrogens with two attached hydrogens (primary N) is 1. The maximum atomic E-state index is 5.79. The normalized spacial score (nSPS) is 12.9. The van der Waals surface area contributed by atoms with Crippen molar-refractivity contribution in [2.45, 2.75) is 65.1 Å².